The molecule has 32 heavy (non-hydrogen) atoms. The van der Waals surface area contributed by atoms with E-state index in [1.54, 1.807) is 21.1 Å². The van der Waals surface area contributed by atoms with Gasteiger partial charge in [0.1, 0.15) is 27.5 Å². The van der Waals surface area contributed by atoms with Gasteiger partial charge in [0.05, 0.1) is 25.5 Å². The Hall–Kier alpha value is -2.08. The van der Waals surface area contributed by atoms with Crippen LogP contribution >= 0.6 is 35.3 Å². The topological polar surface area (TPSA) is 94.1 Å². The van der Waals surface area contributed by atoms with Crippen molar-refractivity contribution in [2.75, 3.05) is 20.8 Å². The zero-order valence-corrected chi connectivity index (χ0v) is 22.4. The van der Waals surface area contributed by atoms with Crippen LogP contribution in [0.2, 0.25) is 0 Å². The molecule has 2 unspecified atom stereocenters. The number of esters is 1. The Balaban J connectivity index is 0.00000363. The molecule has 0 saturated carbocycles. The van der Waals surface area contributed by atoms with Gasteiger partial charge < -0.3 is 24.8 Å². The maximum absolute atomic E-state index is 12.1. The van der Waals surface area contributed by atoms with Gasteiger partial charge in [0.15, 0.2) is 5.96 Å². The second-order valence-electron chi connectivity index (χ2n) is 7.38. The predicted molar refractivity (Wildman–Crippen MR) is 137 cm³/mol. The molecule has 1 aromatic heterocycles. The molecule has 0 bridgehead atoms. The first-order valence-corrected chi connectivity index (χ1v) is 11.2. The highest BCUT2D eigenvalue weighted by Crippen LogP contribution is 2.35. The largest absolute Gasteiger partial charge is 0.496 e. The highest BCUT2D eigenvalue weighted by atomic mass is 127. The third-order valence-electron chi connectivity index (χ3n) is 4.97. The molecule has 2 heterocycles. The van der Waals surface area contributed by atoms with E-state index < -0.39 is 0 Å². The molecule has 176 valence electrons. The second-order valence-corrected chi connectivity index (χ2v) is 8.41. The summed E-state index contributed by atoms with van der Waals surface area (Å²) < 4.78 is 16.6. The zero-order valence-electron chi connectivity index (χ0n) is 19.3. The standard InChI is InChI=1S/C22H30N4O4S.HI/c1-7-29-21(27)19-13(3)25-20(31-19)14(4)26-22(23-5)24-11-16-10-18-15(8-12(2)30-18)9-17(16)28-6;/h9-10,12,14H,7-8,11H2,1-6H3,(H2,23,24,26);1H. The van der Waals surface area contributed by atoms with Gasteiger partial charge in [-0.15, -0.1) is 35.3 Å². The van der Waals surface area contributed by atoms with Gasteiger partial charge in [-0.1, -0.05) is 0 Å². The van der Waals surface area contributed by atoms with Crippen molar-refractivity contribution in [2.45, 2.75) is 52.8 Å². The van der Waals surface area contributed by atoms with Crippen molar-refractivity contribution < 1.29 is 19.0 Å². The number of benzene rings is 1. The van der Waals surface area contributed by atoms with E-state index in [1.165, 1.54) is 16.9 Å². The number of hydrogen-bond donors (Lipinski definition) is 2. The van der Waals surface area contributed by atoms with Gasteiger partial charge in [-0.25, -0.2) is 9.78 Å². The molecule has 2 N–H and O–H groups in total. The van der Waals surface area contributed by atoms with Crippen LogP contribution in [0.5, 0.6) is 11.5 Å². The van der Waals surface area contributed by atoms with Crippen LogP contribution in [0.4, 0.5) is 0 Å². The predicted octanol–water partition coefficient (Wildman–Crippen LogP) is 4.00. The maximum Gasteiger partial charge on any atom is 0.350 e. The van der Waals surface area contributed by atoms with Crippen LogP contribution in [-0.4, -0.2) is 43.8 Å². The lowest BCUT2D eigenvalue weighted by atomic mass is 10.1. The van der Waals surface area contributed by atoms with E-state index in [0.717, 1.165) is 28.5 Å². The summed E-state index contributed by atoms with van der Waals surface area (Å²) in [4.78, 5) is 21.4. The summed E-state index contributed by atoms with van der Waals surface area (Å²) in [7, 11) is 3.38. The van der Waals surface area contributed by atoms with Gasteiger partial charge in [-0.05, 0) is 39.8 Å². The average Bonchev–Trinajstić information content (AvgIpc) is 3.31. The summed E-state index contributed by atoms with van der Waals surface area (Å²) in [5.41, 5.74) is 2.83. The summed E-state index contributed by atoms with van der Waals surface area (Å²) in [6.45, 7) is 8.50. The molecule has 10 heteroatoms. The number of rotatable bonds is 7. The molecule has 0 amide bonds. The lowest BCUT2D eigenvalue weighted by Gasteiger charge is -2.17. The first-order valence-electron chi connectivity index (χ1n) is 10.3. The number of halogens is 1. The minimum Gasteiger partial charge on any atom is -0.496 e. The Labute approximate surface area is 210 Å². The lowest BCUT2D eigenvalue weighted by Crippen LogP contribution is -2.38. The number of aryl methyl sites for hydroxylation is 1. The van der Waals surface area contributed by atoms with Gasteiger partial charge in [0, 0.05) is 31.1 Å². The minimum atomic E-state index is -0.335. The Morgan fingerprint density at radius 2 is 2.19 bits per heavy atom. The number of hydrogen-bond acceptors (Lipinski definition) is 7. The van der Waals surface area contributed by atoms with Crippen molar-refractivity contribution in [3.05, 3.63) is 38.8 Å². The van der Waals surface area contributed by atoms with E-state index in [2.05, 4.69) is 27.5 Å². The van der Waals surface area contributed by atoms with Crippen LogP contribution in [0.25, 0.3) is 0 Å². The van der Waals surface area contributed by atoms with Crippen molar-refractivity contribution in [3.8, 4) is 11.5 Å². The molecule has 1 aliphatic rings. The van der Waals surface area contributed by atoms with Crippen LogP contribution in [0.3, 0.4) is 0 Å². The number of nitrogens with one attached hydrogen (secondary N) is 2. The summed E-state index contributed by atoms with van der Waals surface area (Å²) in [5, 5.41) is 7.43. The summed E-state index contributed by atoms with van der Waals surface area (Å²) in [6.07, 6.45) is 1.07. The Kier molecular flexibility index (Phi) is 9.56. The van der Waals surface area contributed by atoms with Gasteiger partial charge in [0.2, 0.25) is 0 Å². The molecular weight excluding hydrogens is 543 g/mol. The van der Waals surface area contributed by atoms with Gasteiger partial charge in [0.25, 0.3) is 0 Å². The molecule has 0 aliphatic carbocycles. The first-order chi connectivity index (χ1) is 14.9. The summed E-state index contributed by atoms with van der Waals surface area (Å²) in [6, 6.07) is 3.94. The monoisotopic (exact) mass is 574 g/mol. The third-order valence-corrected chi connectivity index (χ3v) is 6.29. The number of ether oxygens (including phenoxy) is 3. The van der Waals surface area contributed by atoms with Crippen LogP contribution in [0.1, 0.15) is 58.3 Å². The SMILES string of the molecule is CCOC(=O)c1sc(C(C)NC(=NC)NCc2cc3c(cc2OC)CC(C)O3)nc1C.I. The van der Waals surface area contributed by atoms with E-state index in [9.17, 15) is 4.79 Å². The fraction of sp³-hybridized carbons (Fsp3) is 0.500. The average molecular weight is 574 g/mol. The van der Waals surface area contributed by atoms with Crippen LogP contribution < -0.4 is 20.1 Å². The van der Waals surface area contributed by atoms with E-state index >= 15 is 0 Å². The van der Waals surface area contributed by atoms with E-state index in [4.69, 9.17) is 14.2 Å². The molecule has 1 aromatic carbocycles. The molecule has 8 nitrogen and oxygen atoms in total. The van der Waals surface area contributed by atoms with E-state index in [1.807, 2.05) is 26.0 Å². The molecule has 0 fully saturated rings. The molecule has 0 spiro atoms. The highest BCUT2D eigenvalue weighted by Gasteiger charge is 2.23. The van der Waals surface area contributed by atoms with Crippen molar-refractivity contribution in [1.82, 2.24) is 15.6 Å². The van der Waals surface area contributed by atoms with Crippen molar-refractivity contribution in [1.29, 1.82) is 0 Å². The smallest absolute Gasteiger partial charge is 0.350 e. The molecule has 2 atom stereocenters. The van der Waals surface area contributed by atoms with Gasteiger partial charge in [-0.2, -0.15) is 0 Å². The number of carbonyl (C=O) groups excluding carboxylic acids is 1. The minimum absolute atomic E-state index is 0. The fourth-order valence-electron chi connectivity index (χ4n) is 3.44. The first kappa shape index (κ1) is 26.2. The Morgan fingerprint density at radius 1 is 1.44 bits per heavy atom. The van der Waals surface area contributed by atoms with Crippen LogP contribution in [-0.2, 0) is 17.7 Å². The number of nitrogens with zero attached hydrogens (tertiary/aromatic N) is 2. The normalized spacial score (nSPS) is 15.8. The fourth-order valence-corrected chi connectivity index (χ4v) is 4.40. The molecule has 1 aliphatic heterocycles. The Bertz CT molecular complexity index is 979. The van der Waals surface area contributed by atoms with Crippen LogP contribution in [0, 0.1) is 6.92 Å². The van der Waals surface area contributed by atoms with Crippen molar-refractivity contribution in [2.24, 2.45) is 4.99 Å². The summed E-state index contributed by atoms with van der Waals surface area (Å²) >= 11 is 1.33. The number of thiazole rings is 1. The molecule has 0 radical (unpaired) electrons. The zero-order chi connectivity index (χ0) is 22.5. The van der Waals surface area contributed by atoms with E-state index in [-0.39, 0.29) is 42.1 Å². The molecular formula is C22H31IN4O4S. The Morgan fingerprint density at radius 3 is 2.84 bits per heavy atom. The third kappa shape index (κ3) is 6.03. The number of methoxy groups -OCH3 is 1. The number of aliphatic imine (C=N–C) groups is 1. The highest BCUT2D eigenvalue weighted by molar-refractivity contribution is 14.0. The maximum atomic E-state index is 12.1. The lowest BCUT2D eigenvalue weighted by molar-refractivity contribution is 0.0531. The van der Waals surface area contributed by atoms with Crippen LogP contribution in [0.15, 0.2) is 17.1 Å². The molecule has 0 saturated heterocycles. The van der Waals surface area contributed by atoms with E-state index in [0.29, 0.717) is 29.7 Å². The number of carbonyl (C=O) groups is 1. The second kappa shape index (κ2) is 11.7. The number of fused-ring (bicyclic) bond motifs is 1. The number of aromatic nitrogens is 1. The molecule has 2 aromatic rings. The van der Waals surface area contributed by atoms with Crippen molar-refractivity contribution in [3.63, 3.8) is 0 Å². The summed E-state index contributed by atoms with van der Waals surface area (Å²) in [5.74, 6) is 2.02. The molecule has 3 rings (SSSR count). The van der Waals surface area contributed by atoms with Gasteiger partial charge >= 0.3 is 5.97 Å². The quantitative estimate of drug-likeness (QED) is 0.224. The van der Waals surface area contributed by atoms with Gasteiger partial charge in [-0.3, -0.25) is 4.99 Å². The number of guanidine groups is 1. The van der Waals surface area contributed by atoms with Crippen molar-refractivity contribution >= 4 is 47.2 Å².